The van der Waals surface area contributed by atoms with Crippen LogP contribution in [0, 0.1) is 0 Å². The largest absolute Gasteiger partial charge is 0.480 e. The first-order valence-corrected chi connectivity index (χ1v) is 22.3. The fourth-order valence-corrected chi connectivity index (χ4v) is 7.60. The molecule has 1 aromatic rings. The Morgan fingerprint density at radius 2 is 1.32 bits per heavy atom. The van der Waals surface area contributed by atoms with Crippen LogP contribution in [0.3, 0.4) is 0 Å². The van der Waals surface area contributed by atoms with Gasteiger partial charge in [-0.2, -0.15) is 25.3 Å². The zero-order chi connectivity index (χ0) is 49.2. The van der Waals surface area contributed by atoms with Gasteiger partial charge in [0.25, 0.3) is 0 Å². The van der Waals surface area contributed by atoms with Gasteiger partial charge in [-0.1, -0.05) is 0 Å². The molecule has 2 saturated heterocycles. The number of aliphatic hydroxyl groups is 1. The number of carbonyl (C=O) groups is 11. The van der Waals surface area contributed by atoms with Crippen molar-refractivity contribution in [3.63, 3.8) is 0 Å². The van der Waals surface area contributed by atoms with Crippen molar-refractivity contribution in [1.82, 2.24) is 51.7 Å². The third-order valence-corrected chi connectivity index (χ3v) is 11.5. The van der Waals surface area contributed by atoms with Gasteiger partial charge in [0, 0.05) is 55.7 Å². The van der Waals surface area contributed by atoms with Crippen LogP contribution < -0.4 is 49.1 Å². The molecule has 26 nitrogen and oxygen atoms in total. The van der Waals surface area contributed by atoms with Crippen LogP contribution in [0.4, 0.5) is 0 Å². The number of nitrogens with one attached hydrogen (secondary N) is 7. The maximum Gasteiger partial charge on any atom is 0.327 e. The van der Waals surface area contributed by atoms with Gasteiger partial charge in [0.15, 0.2) is 0 Å². The zero-order valence-electron chi connectivity index (χ0n) is 36.1. The minimum Gasteiger partial charge on any atom is -0.480 e. The summed E-state index contributed by atoms with van der Waals surface area (Å²) in [5.74, 6) is -9.95. The molecule has 0 radical (unpaired) electrons. The lowest BCUT2D eigenvalue weighted by Gasteiger charge is -2.32. The van der Waals surface area contributed by atoms with Gasteiger partial charge < -0.3 is 74.1 Å². The number of nitrogens with zero attached hydrogens (tertiary/aromatic N) is 3. The fraction of sp³-hybridized carbons (Fsp3) is 0.632. The van der Waals surface area contributed by atoms with Crippen molar-refractivity contribution in [2.75, 3.05) is 31.1 Å². The molecular formula is C38H59N13O13S2. The number of aromatic amines is 1. The van der Waals surface area contributed by atoms with Crippen molar-refractivity contribution in [3.05, 3.63) is 18.2 Å². The van der Waals surface area contributed by atoms with Crippen LogP contribution in [0.15, 0.2) is 12.5 Å². The fourth-order valence-electron chi connectivity index (χ4n) is 7.19. The van der Waals surface area contributed by atoms with Gasteiger partial charge in [-0.25, -0.2) is 9.78 Å². The summed E-state index contributed by atoms with van der Waals surface area (Å²) in [7, 11) is 0. The number of nitrogens with two attached hydrogens (primary N) is 3. The number of aliphatic carboxylic acids is 1. The van der Waals surface area contributed by atoms with E-state index in [-0.39, 0.29) is 63.1 Å². The van der Waals surface area contributed by atoms with Crippen LogP contribution in [-0.4, -0.2) is 181 Å². The number of likely N-dealkylation sites (tertiary alicyclic amines) is 2. The van der Waals surface area contributed by atoms with Crippen LogP contribution in [0.5, 0.6) is 0 Å². The Labute approximate surface area is 389 Å². The summed E-state index contributed by atoms with van der Waals surface area (Å²) < 4.78 is 0. The van der Waals surface area contributed by atoms with Gasteiger partial charge >= 0.3 is 5.97 Å². The third-order valence-electron chi connectivity index (χ3n) is 10.7. The molecule has 366 valence electrons. The number of aliphatic hydroxyl groups excluding tert-OH is 1. The van der Waals surface area contributed by atoms with E-state index >= 15 is 0 Å². The summed E-state index contributed by atoms with van der Waals surface area (Å²) >= 11 is 7.88. The van der Waals surface area contributed by atoms with Crippen LogP contribution >= 0.6 is 25.3 Å². The van der Waals surface area contributed by atoms with E-state index in [1.54, 1.807) is 0 Å². The van der Waals surface area contributed by atoms with Gasteiger partial charge in [-0.15, -0.1) is 0 Å². The van der Waals surface area contributed by atoms with E-state index in [1.807, 2.05) is 0 Å². The number of hydrogen-bond donors (Lipinski definition) is 14. The predicted molar refractivity (Wildman–Crippen MR) is 236 cm³/mol. The number of amides is 10. The smallest absolute Gasteiger partial charge is 0.327 e. The van der Waals surface area contributed by atoms with Crippen LogP contribution in [0.25, 0.3) is 0 Å². The molecule has 0 bridgehead atoms. The minimum atomic E-state index is -1.70. The standard InChI is InChI=1S/C38H59N13O13S2/c1-18(52)30(35(60)48-24(16-66)38(63)64)49-32(57)21(6-8-27(40)53)45-29(55)14-43-33(58)25-4-2-10-50(25)37(62)23(12-19-13-42-17-44-19)47-34(59)26-5-3-11-51(26)36(61)22(7-9-28(41)54)46-31(56)20(39)15-65/h13,17-18,20-26,30,52,65-66H,2-12,14-16,39H2,1H3,(H2,40,53)(H2,41,54)(H,42,44)(H,43,58)(H,45,55)(H,46,56)(H,47,59)(H,48,60)(H,49,57)(H,63,64)/t18-,20+,21-,22+,23+,24-,25-,26+,30-/m1/s1. The first-order chi connectivity index (χ1) is 31.2. The molecule has 0 aromatic carbocycles. The molecule has 0 saturated carbocycles. The number of primary amides is 2. The Morgan fingerprint density at radius 1 is 0.758 bits per heavy atom. The molecule has 9 atom stereocenters. The number of thiol groups is 2. The average molecular weight is 970 g/mol. The number of H-pyrrole nitrogens is 1. The average Bonchev–Trinajstić information content (AvgIpc) is 4.08. The summed E-state index contributed by atoms with van der Waals surface area (Å²) in [6.45, 7) is 0.601. The van der Waals surface area contributed by atoms with Crippen LogP contribution in [-0.2, 0) is 59.2 Å². The minimum absolute atomic E-state index is 0.0349. The van der Waals surface area contributed by atoms with Crippen molar-refractivity contribution in [3.8, 4) is 0 Å². The molecular weight excluding hydrogens is 911 g/mol. The van der Waals surface area contributed by atoms with Gasteiger partial charge in [0.05, 0.1) is 25.0 Å². The van der Waals surface area contributed by atoms with Gasteiger partial charge in [-0.05, 0) is 45.4 Å². The summed E-state index contributed by atoms with van der Waals surface area (Å²) in [5.41, 5.74) is 16.8. The quantitative estimate of drug-likeness (QED) is 0.0384. The molecule has 1 aromatic heterocycles. The van der Waals surface area contributed by atoms with E-state index in [1.165, 1.54) is 22.3 Å². The number of rotatable bonds is 26. The zero-order valence-corrected chi connectivity index (χ0v) is 37.9. The highest BCUT2D eigenvalue weighted by molar-refractivity contribution is 7.80. The molecule has 15 N–H and O–H groups in total. The lowest BCUT2D eigenvalue weighted by atomic mass is 10.1. The SMILES string of the molecule is C[C@@H](O)[C@@H](NC(=O)[C@@H](CCC(N)=O)NC(=O)CNC(=O)[C@H]1CCCN1C(=O)[C@H](Cc1cnc[nH]1)NC(=O)[C@@H]1CCCN1C(=O)[C@H](CCC(N)=O)NC(=O)[C@@H](N)CS)C(=O)N[C@H](CS)C(=O)O. The number of aromatic nitrogens is 2. The highest BCUT2D eigenvalue weighted by atomic mass is 32.1. The monoisotopic (exact) mass is 969 g/mol. The molecule has 66 heavy (non-hydrogen) atoms. The number of hydrogen-bond acceptors (Lipinski definition) is 16. The van der Waals surface area contributed by atoms with Crippen molar-refractivity contribution < 1.29 is 63.0 Å². The number of carbonyl (C=O) groups excluding carboxylic acids is 10. The van der Waals surface area contributed by atoms with E-state index in [0.717, 1.165) is 6.92 Å². The second-order valence-corrected chi connectivity index (χ2v) is 16.5. The van der Waals surface area contributed by atoms with Gasteiger partial charge in [0.2, 0.25) is 59.1 Å². The second kappa shape index (κ2) is 26.2. The number of carboxylic acid groups (broad SMARTS) is 1. The van der Waals surface area contributed by atoms with E-state index < -0.39 is 132 Å². The van der Waals surface area contributed by atoms with Crippen molar-refractivity contribution in [2.45, 2.75) is 119 Å². The van der Waals surface area contributed by atoms with Crippen molar-refractivity contribution in [2.24, 2.45) is 17.2 Å². The van der Waals surface area contributed by atoms with E-state index in [0.29, 0.717) is 18.5 Å². The molecule has 3 rings (SSSR count). The van der Waals surface area contributed by atoms with Crippen molar-refractivity contribution >= 4 is 90.3 Å². The summed E-state index contributed by atoms with van der Waals surface area (Å²) in [5, 5.41) is 33.8. The van der Waals surface area contributed by atoms with Crippen LogP contribution in [0.1, 0.15) is 64.0 Å². The third kappa shape index (κ3) is 16.2. The summed E-state index contributed by atoms with van der Waals surface area (Å²) in [4.78, 5) is 151. The molecule has 2 aliphatic heterocycles. The Bertz CT molecular complexity index is 1940. The molecule has 2 fully saturated rings. The molecule has 3 heterocycles. The second-order valence-electron chi connectivity index (χ2n) is 15.7. The normalized spacial score (nSPS) is 18.9. The Kier molecular flexibility index (Phi) is 21.6. The van der Waals surface area contributed by atoms with Crippen molar-refractivity contribution in [1.29, 1.82) is 0 Å². The number of carboxylic acids is 1. The first kappa shape index (κ1) is 54.3. The van der Waals surface area contributed by atoms with Gasteiger partial charge in [0.1, 0.15) is 42.3 Å². The number of imidazole rings is 1. The van der Waals surface area contributed by atoms with E-state index in [9.17, 15) is 63.0 Å². The predicted octanol–water partition coefficient (Wildman–Crippen LogP) is -6.34. The molecule has 28 heteroatoms. The summed E-state index contributed by atoms with van der Waals surface area (Å²) in [6, 6.07) is -10.5. The van der Waals surface area contributed by atoms with Gasteiger partial charge in [-0.3, -0.25) is 47.9 Å². The highest BCUT2D eigenvalue weighted by Gasteiger charge is 2.42. The van der Waals surface area contributed by atoms with E-state index in [2.05, 4.69) is 67.1 Å². The Hall–Kier alpha value is -6.00. The molecule has 0 aliphatic carbocycles. The maximum atomic E-state index is 14.3. The summed E-state index contributed by atoms with van der Waals surface area (Å²) in [6.07, 6.45) is 1.01. The molecule has 0 unspecified atom stereocenters. The molecule has 10 amide bonds. The molecule has 0 spiro atoms. The first-order valence-electron chi connectivity index (χ1n) is 21.0. The lowest BCUT2D eigenvalue weighted by Crippen LogP contribution is -2.60. The van der Waals surface area contributed by atoms with Crippen LogP contribution in [0.2, 0.25) is 0 Å². The highest BCUT2D eigenvalue weighted by Crippen LogP contribution is 2.23. The lowest BCUT2D eigenvalue weighted by molar-refractivity contribution is -0.144. The Balaban J connectivity index is 1.73. The Morgan fingerprint density at radius 3 is 1.83 bits per heavy atom. The molecule has 2 aliphatic rings. The van der Waals surface area contributed by atoms with E-state index in [4.69, 9.17) is 17.2 Å². The maximum absolute atomic E-state index is 14.3. The topological polar surface area (TPSA) is 414 Å².